The van der Waals surface area contributed by atoms with Gasteiger partial charge in [0.2, 0.25) is 0 Å². The van der Waals surface area contributed by atoms with Gasteiger partial charge < -0.3 is 0 Å². The molecule has 3 rings (SSSR count). The van der Waals surface area contributed by atoms with Crippen molar-refractivity contribution >= 4 is 22.7 Å². The summed E-state index contributed by atoms with van der Waals surface area (Å²) < 4.78 is 0. The third-order valence-corrected chi connectivity index (χ3v) is 12.8. The summed E-state index contributed by atoms with van der Waals surface area (Å²) in [6.45, 7) is 1.33. The zero-order chi connectivity index (χ0) is 17.8. The van der Waals surface area contributed by atoms with Crippen LogP contribution in [0.4, 0.5) is 0 Å². The van der Waals surface area contributed by atoms with E-state index in [2.05, 4.69) is 62.4 Å². The van der Waals surface area contributed by atoms with Gasteiger partial charge in [0.05, 0.1) is 0 Å². The van der Waals surface area contributed by atoms with Crippen LogP contribution in [0.5, 0.6) is 0 Å². The van der Waals surface area contributed by atoms with E-state index >= 15 is 0 Å². The molecule has 2 heteroatoms. The minimum atomic E-state index is -3.04. The van der Waals surface area contributed by atoms with E-state index in [1.54, 1.807) is 0 Å². The molecular formula is C23H25OP. The Bertz CT molecular complexity index is 794. The van der Waals surface area contributed by atoms with Crippen molar-refractivity contribution in [2.45, 2.75) is 13.8 Å². The molecule has 3 aromatic rings. The molecule has 0 amide bonds. The van der Waals surface area contributed by atoms with Crippen LogP contribution in [-0.4, -0.2) is 17.8 Å². The van der Waals surface area contributed by atoms with Crippen molar-refractivity contribution in [3.05, 3.63) is 96.6 Å². The first kappa shape index (κ1) is 17.6. The monoisotopic (exact) mass is 348 g/mol. The van der Waals surface area contributed by atoms with Crippen LogP contribution in [-0.2, 0) is 0 Å². The van der Waals surface area contributed by atoms with E-state index in [1.807, 2.05) is 42.5 Å². The van der Waals surface area contributed by atoms with Gasteiger partial charge in [-0.2, -0.15) is 0 Å². The number of hydrogen-bond donors (Lipinski definition) is 0. The second-order valence-corrected chi connectivity index (χ2v) is 12.2. The Morgan fingerprint density at radius 1 is 0.640 bits per heavy atom. The molecule has 25 heavy (non-hydrogen) atoms. The maximum atomic E-state index is 14.1. The number of benzene rings is 3. The van der Waals surface area contributed by atoms with Crippen LogP contribution in [0.15, 0.2) is 91.0 Å². The Kier molecular flexibility index (Phi) is 4.88. The summed E-state index contributed by atoms with van der Waals surface area (Å²) in [7, 11) is 0. The van der Waals surface area contributed by atoms with Gasteiger partial charge in [0, 0.05) is 0 Å². The summed E-state index contributed by atoms with van der Waals surface area (Å²) in [6, 6.07) is 30.7. The first-order valence-corrected chi connectivity index (χ1v) is 11.5. The van der Waals surface area contributed by atoms with Crippen molar-refractivity contribution in [2.24, 2.45) is 0 Å². The van der Waals surface area contributed by atoms with Crippen LogP contribution >= 0.6 is 6.60 Å². The average molecular weight is 348 g/mol. The molecule has 0 aromatic heterocycles. The molecule has 0 heterocycles. The predicted molar refractivity (Wildman–Crippen MR) is 111 cm³/mol. The van der Waals surface area contributed by atoms with Gasteiger partial charge in [-0.25, -0.2) is 0 Å². The summed E-state index contributed by atoms with van der Waals surface area (Å²) in [5.41, 5.74) is 1.12. The molecule has 3 aromatic carbocycles. The Labute approximate surface area is 150 Å². The van der Waals surface area contributed by atoms with Gasteiger partial charge >= 0.3 is 150 Å². The number of carbonyl (C=O) groups is 1. The second-order valence-electron chi connectivity index (χ2n) is 6.48. The molecule has 0 aliphatic carbocycles. The molecule has 0 aliphatic heterocycles. The Balaban J connectivity index is 2.41. The molecule has 0 saturated heterocycles. The predicted octanol–water partition coefficient (Wildman–Crippen LogP) is 5.07. The van der Waals surface area contributed by atoms with E-state index in [0.29, 0.717) is 5.52 Å². The van der Waals surface area contributed by atoms with Crippen LogP contribution in [0.25, 0.3) is 0 Å². The van der Waals surface area contributed by atoms with Crippen molar-refractivity contribution in [1.82, 2.24) is 0 Å². The minimum absolute atomic E-state index is 0.300. The molecule has 0 radical (unpaired) electrons. The van der Waals surface area contributed by atoms with Crippen molar-refractivity contribution in [3.8, 4) is 0 Å². The van der Waals surface area contributed by atoms with Gasteiger partial charge in [-0.1, -0.05) is 0 Å². The fourth-order valence-corrected chi connectivity index (χ4v) is 9.90. The van der Waals surface area contributed by atoms with E-state index in [1.165, 1.54) is 10.6 Å². The quantitative estimate of drug-likeness (QED) is 0.568. The zero-order valence-corrected chi connectivity index (χ0v) is 15.8. The third kappa shape index (κ3) is 2.55. The first-order chi connectivity index (χ1) is 12.2. The van der Waals surface area contributed by atoms with Crippen LogP contribution < -0.4 is 10.6 Å². The van der Waals surface area contributed by atoms with Gasteiger partial charge in [0.15, 0.2) is 0 Å². The third-order valence-electron chi connectivity index (χ3n) is 5.67. The molecule has 0 spiro atoms. The van der Waals surface area contributed by atoms with Crippen molar-refractivity contribution in [1.29, 1.82) is 0 Å². The first-order valence-electron chi connectivity index (χ1n) is 8.90. The SMILES string of the molecule is CCP(CC)(C(=O)c1ccccc1)(c1ccccc1)c1ccccc1. The topological polar surface area (TPSA) is 17.1 Å². The van der Waals surface area contributed by atoms with E-state index in [9.17, 15) is 4.79 Å². The molecule has 0 unspecified atom stereocenters. The fourth-order valence-electron chi connectivity index (χ4n) is 4.09. The summed E-state index contributed by atoms with van der Waals surface area (Å²) in [4.78, 5) is 14.1. The van der Waals surface area contributed by atoms with Gasteiger partial charge in [-0.05, 0) is 0 Å². The standard InChI is InChI=1S/C23H25OP/c1-3-25(4-2,21-16-10-6-11-17-21,22-18-12-7-13-19-22)23(24)20-14-8-5-9-15-20/h5-19H,3-4H2,1-2H3. The van der Waals surface area contributed by atoms with E-state index in [4.69, 9.17) is 0 Å². The number of rotatable bonds is 6. The van der Waals surface area contributed by atoms with E-state index < -0.39 is 6.60 Å². The van der Waals surface area contributed by atoms with Gasteiger partial charge in [-0.3, -0.25) is 0 Å². The molecule has 128 valence electrons. The van der Waals surface area contributed by atoms with Crippen LogP contribution in [0.2, 0.25) is 0 Å². The van der Waals surface area contributed by atoms with E-state index in [0.717, 1.165) is 17.9 Å². The Morgan fingerprint density at radius 2 is 1.00 bits per heavy atom. The van der Waals surface area contributed by atoms with Gasteiger partial charge in [-0.15, -0.1) is 0 Å². The van der Waals surface area contributed by atoms with Gasteiger partial charge in [0.25, 0.3) is 0 Å². The summed E-state index contributed by atoms with van der Waals surface area (Å²) >= 11 is 0. The summed E-state index contributed by atoms with van der Waals surface area (Å²) in [6.07, 6.45) is 1.67. The van der Waals surface area contributed by atoms with E-state index in [-0.39, 0.29) is 0 Å². The second kappa shape index (κ2) is 6.94. The molecule has 0 saturated carbocycles. The normalized spacial score (nSPS) is 13.0. The molecule has 0 atom stereocenters. The number of carbonyl (C=O) groups excluding carboxylic acids is 1. The molecule has 0 bridgehead atoms. The van der Waals surface area contributed by atoms with Crippen molar-refractivity contribution in [3.63, 3.8) is 0 Å². The van der Waals surface area contributed by atoms with Crippen LogP contribution in [0, 0.1) is 0 Å². The van der Waals surface area contributed by atoms with Gasteiger partial charge in [0.1, 0.15) is 0 Å². The van der Waals surface area contributed by atoms with Crippen LogP contribution in [0.1, 0.15) is 24.2 Å². The van der Waals surface area contributed by atoms with Crippen LogP contribution in [0.3, 0.4) is 0 Å². The summed E-state index contributed by atoms with van der Waals surface area (Å²) in [5, 5.41) is 2.39. The number of hydrogen-bond acceptors (Lipinski definition) is 1. The van der Waals surface area contributed by atoms with Crippen molar-refractivity contribution < 1.29 is 4.79 Å². The Morgan fingerprint density at radius 3 is 1.36 bits per heavy atom. The maximum absolute atomic E-state index is 14.1. The molecule has 0 aliphatic rings. The molecule has 0 fully saturated rings. The summed E-state index contributed by atoms with van der Waals surface area (Å²) in [5.74, 6) is 0. The molecule has 0 N–H and O–H groups in total. The zero-order valence-electron chi connectivity index (χ0n) is 14.9. The van der Waals surface area contributed by atoms with Crippen molar-refractivity contribution in [2.75, 3.05) is 12.3 Å². The molecular weight excluding hydrogens is 323 g/mol. The average Bonchev–Trinajstić information content (AvgIpc) is 2.72. The molecule has 1 nitrogen and oxygen atoms in total. The Hall–Kier alpha value is -2.24. The fraction of sp³-hybridized carbons (Fsp3) is 0.174.